The summed E-state index contributed by atoms with van der Waals surface area (Å²) >= 11 is 0. The second-order valence-corrected chi connectivity index (χ2v) is 5.16. The number of nitrogens with two attached hydrogens (primary N) is 1. The topological polar surface area (TPSA) is 26.0 Å². The van der Waals surface area contributed by atoms with Crippen molar-refractivity contribution in [1.82, 2.24) is 0 Å². The van der Waals surface area contributed by atoms with Gasteiger partial charge in [-0.25, -0.2) is 0 Å². The monoisotopic (exact) mass is 201 g/mol. The lowest BCUT2D eigenvalue weighted by Gasteiger charge is -2.33. The van der Waals surface area contributed by atoms with Crippen LogP contribution in [0.2, 0.25) is 0 Å². The molecule has 1 fully saturated rings. The van der Waals surface area contributed by atoms with E-state index in [-0.39, 0.29) is 0 Å². The summed E-state index contributed by atoms with van der Waals surface area (Å²) < 4.78 is 0. The highest BCUT2D eigenvalue weighted by Gasteiger charge is 2.27. The molecule has 3 rings (SSSR count). The molecule has 0 heterocycles. The molecule has 2 aliphatic rings. The van der Waals surface area contributed by atoms with Gasteiger partial charge in [0.25, 0.3) is 0 Å². The van der Waals surface area contributed by atoms with Crippen LogP contribution in [-0.4, -0.2) is 6.04 Å². The Bertz CT molecular complexity index is 370. The van der Waals surface area contributed by atoms with E-state index in [2.05, 4.69) is 18.2 Å². The second kappa shape index (κ2) is 3.64. The molecular weight excluding hydrogens is 182 g/mol. The molecule has 0 aromatic heterocycles. The lowest BCUT2D eigenvalue weighted by Crippen LogP contribution is -2.40. The fourth-order valence-electron chi connectivity index (χ4n) is 2.90. The molecular formula is C14H19N. The van der Waals surface area contributed by atoms with Crippen molar-refractivity contribution >= 4 is 0 Å². The average Bonchev–Trinajstić information content (AvgIpc) is 2.71. The first kappa shape index (κ1) is 9.41. The lowest BCUT2D eigenvalue weighted by molar-refractivity contribution is 0.256. The van der Waals surface area contributed by atoms with Gasteiger partial charge in [0.05, 0.1) is 0 Å². The molecule has 0 bridgehead atoms. The maximum absolute atomic E-state index is 5.98. The van der Waals surface area contributed by atoms with Gasteiger partial charge in [-0.2, -0.15) is 0 Å². The summed E-state index contributed by atoms with van der Waals surface area (Å²) in [6, 6.07) is 7.54. The fourth-order valence-corrected chi connectivity index (χ4v) is 2.90. The SMILES string of the molecule is NC1CCC1Cc1ccc2c(c1)CCC2. The van der Waals surface area contributed by atoms with Crippen molar-refractivity contribution in [3.05, 3.63) is 34.9 Å². The van der Waals surface area contributed by atoms with Gasteiger partial charge in [-0.3, -0.25) is 0 Å². The van der Waals surface area contributed by atoms with Crippen LogP contribution in [0.1, 0.15) is 36.0 Å². The first-order valence-corrected chi connectivity index (χ1v) is 6.19. The predicted octanol–water partition coefficient (Wildman–Crippen LogP) is 2.46. The van der Waals surface area contributed by atoms with Gasteiger partial charge in [0.15, 0.2) is 0 Å². The van der Waals surface area contributed by atoms with E-state index in [0.717, 1.165) is 5.92 Å². The standard InChI is InChI=1S/C14H19N/c15-14-7-6-13(14)9-10-4-5-11-2-1-3-12(11)8-10/h4-5,8,13-14H,1-3,6-7,9,15H2. The largest absolute Gasteiger partial charge is 0.327 e. The van der Waals surface area contributed by atoms with Crippen LogP contribution in [-0.2, 0) is 19.3 Å². The minimum Gasteiger partial charge on any atom is -0.327 e. The summed E-state index contributed by atoms with van der Waals surface area (Å²) in [7, 11) is 0. The lowest BCUT2D eigenvalue weighted by atomic mass is 9.76. The minimum atomic E-state index is 0.471. The van der Waals surface area contributed by atoms with Crippen molar-refractivity contribution < 1.29 is 0 Å². The van der Waals surface area contributed by atoms with Gasteiger partial charge < -0.3 is 5.73 Å². The van der Waals surface area contributed by atoms with Crippen LogP contribution in [0.3, 0.4) is 0 Å². The first-order valence-electron chi connectivity index (χ1n) is 6.19. The summed E-state index contributed by atoms with van der Waals surface area (Å²) in [6.07, 6.45) is 7.70. The molecule has 0 saturated heterocycles. The van der Waals surface area contributed by atoms with E-state index in [9.17, 15) is 0 Å². The molecule has 2 unspecified atom stereocenters. The maximum atomic E-state index is 5.98. The average molecular weight is 201 g/mol. The minimum absolute atomic E-state index is 0.471. The highest BCUT2D eigenvalue weighted by Crippen LogP contribution is 2.30. The molecule has 2 N–H and O–H groups in total. The van der Waals surface area contributed by atoms with Gasteiger partial charge in [0.2, 0.25) is 0 Å². The van der Waals surface area contributed by atoms with Crippen LogP contribution in [0, 0.1) is 5.92 Å². The molecule has 0 amide bonds. The molecule has 1 saturated carbocycles. The van der Waals surface area contributed by atoms with E-state index in [0.29, 0.717) is 6.04 Å². The summed E-state index contributed by atoms with van der Waals surface area (Å²) in [4.78, 5) is 0. The van der Waals surface area contributed by atoms with Crippen LogP contribution in [0.25, 0.3) is 0 Å². The quantitative estimate of drug-likeness (QED) is 0.781. The molecule has 0 spiro atoms. The molecule has 1 aromatic rings. The van der Waals surface area contributed by atoms with Gasteiger partial charge >= 0.3 is 0 Å². The Kier molecular flexibility index (Phi) is 2.28. The third-order valence-corrected chi connectivity index (χ3v) is 4.14. The highest BCUT2D eigenvalue weighted by molar-refractivity contribution is 5.35. The van der Waals surface area contributed by atoms with Gasteiger partial charge in [0.1, 0.15) is 0 Å². The van der Waals surface area contributed by atoms with Gasteiger partial charge in [-0.15, -0.1) is 0 Å². The summed E-state index contributed by atoms with van der Waals surface area (Å²) in [5.74, 6) is 0.754. The molecule has 0 aliphatic heterocycles. The van der Waals surface area contributed by atoms with Crippen molar-refractivity contribution in [1.29, 1.82) is 0 Å². The van der Waals surface area contributed by atoms with Gasteiger partial charge in [-0.05, 0) is 61.1 Å². The highest BCUT2D eigenvalue weighted by atomic mass is 14.7. The summed E-state index contributed by atoms with van der Waals surface area (Å²) in [5.41, 5.74) is 10.7. The van der Waals surface area contributed by atoms with E-state index in [1.54, 1.807) is 11.1 Å². The van der Waals surface area contributed by atoms with Crippen LogP contribution in [0.4, 0.5) is 0 Å². The molecule has 1 heteroatoms. The molecule has 2 atom stereocenters. The molecule has 1 aromatic carbocycles. The van der Waals surface area contributed by atoms with Gasteiger partial charge in [0, 0.05) is 6.04 Å². The Hall–Kier alpha value is -0.820. The number of rotatable bonds is 2. The smallest absolute Gasteiger partial charge is 0.00704 e. The molecule has 0 radical (unpaired) electrons. The number of aryl methyl sites for hydroxylation is 2. The Morgan fingerprint density at radius 2 is 2.00 bits per heavy atom. The van der Waals surface area contributed by atoms with Gasteiger partial charge in [-0.1, -0.05) is 18.2 Å². The third kappa shape index (κ3) is 1.69. The van der Waals surface area contributed by atoms with E-state index < -0.39 is 0 Å². The normalized spacial score (nSPS) is 28.6. The Balaban J connectivity index is 1.75. The zero-order chi connectivity index (χ0) is 10.3. The summed E-state index contributed by atoms with van der Waals surface area (Å²) in [6.45, 7) is 0. The van der Waals surface area contributed by atoms with Crippen LogP contribution < -0.4 is 5.73 Å². The third-order valence-electron chi connectivity index (χ3n) is 4.14. The van der Waals surface area contributed by atoms with Crippen molar-refractivity contribution in [2.24, 2.45) is 11.7 Å². The Morgan fingerprint density at radius 1 is 1.13 bits per heavy atom. The zero-order valence-electron chi connectivity index (χ0n) is 9.21. The Morgan fingerprint density at radius 3 is 2.73 bits per heavy atom. The van der Waals surface area contributed by atoms with Crippen LogP contribution in [0.15, 0.2) is 18.2 Å². The van der Waals surface area contributed by atoms with Crippen LogP contribution in [0.5, 0.6) is 0 Å². The molecule has 80 valence electrons. The Labute approximate surface area is 91.7 Å². The molecule has 15 heavy (non-hydrogen) atoms. The number of benzene rings is 1. The van der Waals surface area contributed by atoms with Crippen molar-refractivity contribution in [3.8, 4) is 0 Å². The van der Waals surface area contributed by atoms with E-state index in [1.165, 1.54) is 44.1 Å². The fraction of sp³-hybridized carbons (Fsp3) is 0.571. The number of hydrogen-bond acceptors (Lipinski definition) is 1. The van der Waals surface area contributed by atoms with E-state index in [4.69, 9.17) is 5.73 Å². The number of hydrogen-bond donors (Lipinski definition) is 1. The molecule has 1 nitrogen and oxygen atoms in total. The molecule has 2 aliphatic carbocycles. The van der Waals surface area contributed by atoms with Crippen LogP contribution >= 0.6 is 0 Å². The zero-order valence-corrected chi connectivity index (χ0v) is 9.21. The second-order valence-electron chi connectivity index (χ2n) is 5.16. The predicted molar refractivity (Wildman–Crippen MR) is 62.9 cm³/mol. The maximum Gasteiger partial charge on any atom is 0.00704 e. The van der Waals surface area contributed by atoms with Crippen molar-refractivity contribution in [2.45, 2.75) is 44.6 Å². The van der Waals surface area contributed by atoms with E-state index >= 15 is 0 Å². The first-order chi connectivity index (χ1) is 7.33. The van der Waals surface area contributed by atoms with E-state index in [1.807, 2.05) is 0 Å². The summed E-state index contributed by atoms with van der Waals surface area (Å²) in [5, 5.41) is 0. The van der Waals surface area contributed by atoms with Crippen molar-refractivity contribution in [2.75, 3.05) is 0 Å². The van der Waals surface area contributed by atoms with Crippen molar-refractivity contribution in [3.63, 3.8) is 0 Å². The number of fused-ring (bicyclic) bond motifs is 1.